The van der Waals surface area contributed by atoms with Crippen molar-refractivity contribution in [3.05, 3.63) is 29.2 Å². The topological polar surface area (TPSA) is 28.1 Å². The van der Waals surface area contributed by atoms with E-state index in [1.807, 2.05) is 18.4 Å². The van der Waals surface area contributed by atoms with Crippen LogP contribution in [-0.2, 0) is 0 Å². The van der Waals surface area contributed by atoms with Crippen LogP contribution < -0.4 is 12.4 Å². The van der Waals surface area contributed by atoms with Gasteiger partial charge in [-0.3, -0.25) is 0 Å². The average Bonchev–Trinajstić information content (AvgIpc) is 2.05. The number of rotatable bonds is 1. The summed E-state index contributed by atoms with van der Waals surface area (Å²) in [7, 11) is 0. The molecule has 0 spiro atoms. The van der Waals surface area contributed by atoms with Gasteiger partial charge in [-0.2, -0.15) is 0 Å². The van der Waals surface area contributed by atoms with Gasteiger partial charge in [-0.1, -0.05) is 0 Å². The van der Waals surface area contributed by atoms with Crippen LogP contribution in [0.1, 0.15) is 0 Å². The highest BCUT2D eigenvalue weighted by atomic mass is 35.5. The largest absolute Gasteiger partial charge is 1.00 e. The maximum Gasteiger partial charge on any atom is 0.385 e. The minimum atomic E-state index is 0. The normalized spacial score (nSPS) is 8.00. The van der Waals surface area contributed by atoms with Crippen LogP contribution in [0.15, 0.2) is 29.2 Å². The molecule has 0 unspecified atom stereocenters. The Morgan fingerprint density at radius 1 is 1.27 bits per heavy atom. The lowest BCUT2D eigenvalue weighted by Gasteiger charge is -1.88. The quantitative estimate of drug-likeness (QED) is 0.453. The van der Waals surface area contributed by atoms with Crippen molar-refractivity contribution >= 4 is 17.4 Å². The Labute approximate surface area is 76.0 Å². The fourth-order valence-corrected chi connectivity index (χ4v) is 1.06. The molecule has 0 N–H and O–H groups in total. The molecule has 0 aliphatic heterocycles. The highest BCUT2D eigenvalue weighted by Crippen LogP contribution is 2.18. The molecule has 2 nitrogen and oxygen atoms in total. The number of nitrogens with zero attached hydrogens (tertiary/aromatic N) is 2. The summed E-state index contributed by atoms with van der Waals surface area (Å²) >= 11 is 1.66. The number of diazo groups is 1. The number of thioether (sulfide) groups is 1. The van der Waals surface area contributed by atoms with Crippen molar-refractivity contribution in [2.75, 3.05) is 6.26 Å². The van der Waals surface area contributed by atoms with Crippen molar-refractivity contribution < 1.29 is 12.4 Å². The van der Waals surface area contributed by atoms with Crippen LogP contribution in [0.4, 0.5) is 5.69 Å². The first kappa shape index (κ1) is 10.3. The van der Waals surface area contributed by atoms with E-state index in [1.54, 1.807) is 23.9 Å². The molecule has 58 valence electrons. The second-order valence-corrected chi connectivity index (χ2v) is 2.68. The number of halogens is 1. The van der Waals surface area contributed by atoms with Gasteiger partial charge in [-0.25, -0.2) is 0 Å². The Balaban J connectivity index is 0.000001000. The Morgan fingerprint density at radius 2 is 1.82 bits per heavy atom. The molecule has 0 radical (unpaired) electrons. The highest BCUT2D eigenvalue weighted by Gasteiger charge is 2.00. The van der Waals surface area contributed by atoms with Gasteiger partial charge in [0.15, 0.2) is 4.98 Å². The van der Waals surface area contributed by atoms with Gasteiger partial charge in [0, 0.05) is 17.0 Å². The lowest BCUT2D eigenvalue weighted by Crippen LogP contribution is -3.00. The van der Waals surface area contributed by atoms with E-state index in [0.717, 1.165) is 0 Å². The molecule has 0 heterocycles. The molecule has 0 fully saturated rings. The Morgan fingerprint density at radius 3 is 2.18 bits per heavy atom. The molecule has 1 aromatic rings. The molecule has 11 heavy (non-hydrogen) atoms. The molecular weight excluding hydrogens is 180 g/mol. The zero-order chi connectivity index (χ0) is 7.40. The average molecular weight is 187 g/mol. The number of hydrogen-bond acceptors (Lipinski definition) is 2. The molecule has 0 bridgehead atoms. The summed E-state index contributed by atoms with van der Waals surface area (Å²) in [6, 6.07) is 7.37. The summed E-state index contributed by atoms with van der Waals surface area (Å²) in [5.41, 5.74) is 0.595. The highest BCUT2D eigenvalue weighted by molar-refractivity contribution is 7.98. The number of benzene rings is 1. The lowest BCUT2D eigenvalue weighted by molar-refractivity contribution is -0.00000226. The first-order valence-corrected chi connectivity index (χ1v) is 4.08. The minimum absolute atomic E-state index is 0. The third-order valence-corrected chi connectivity index (χ3v) is 1.93. The Hall–Kier alpha value is -0.720. The molecule has 0 amide bonds. The zero-order valence-corrected chi connectivity index (χ0v) is 7.56. The molecule has 4 heteroatoms. The molecular formula is C7H7ClN2S. The van der Waals surface area contributed by atoms with Crippen molar-refractivity contribution in [1.29, 1.82) is 5.39 Å². The summed E-state index contributed by atoms with van der Waals surface area (Å²) in [5.74, 6) is 0. The number of hydrogen-bond donors (Lipinski definition) is 0. The molecule has 0 aromatic heterocycles. The fraction of sp³-hybridized carbons (Fsp3) is 0.143. The summed E-state index contributed by atoms with van der Waals surface area (Å²) in [6.07, 6.45) is 2.01. The van der Waals surface area contributed by atoms with Crippen LogP contribution in [0.3, 0.4) is 0 Å². The summed E-state index contributed by atoms with van der Waals surface area (Å²) in [4.78, 5) is 4.21. The van der Waals surface area contributed by atoms with E-state index in [0.29, 0.717) is 5.69 Å². The smallest absolute Gasteiger partial charge is 0.385 e. The minimum Gasteiger partial charge on any atom is -1.00 e. The van der Waals surface area contributed by atoms with Crippen molar-refractivity contribution in [2.24, 2.45) is 0 Å². The first-order chi connectivity index (χ1) is 4.86. The zero-order valence-electron chi connectivity index (χ0n) is 5.99. The van der Waals surface area contributed by atoms with E-state index in [4.69, 9.17) is 5.39 Å². The standard InChI is InChI=1S/C7H7N2S.ClH/c1-10-7-4-2-6(9-8)3-5-7;/h2-5H,1H3;1H/q+1;/p-1. The van der Waals surface area contributed by atoms with E-state index in [9.17, 15) is 0 Å². The molecule has 1 aromatic carbocycles. The van der Waals surface area contributed by atoms with E-state index >= 15 is 0 Å². The van der Waals surface area contributed by atoms with Crippen molar-refractivity contribution in [1.82, 2.24) is 0 Å². The van der Waals surface area contributed by atoms with E-state index in [-0.39, 0.29) is 12.4 Å². The van der Waals surface area contributed by atoms with Gasteiger partial charge in [0.25, 0.3) is 0 Å². The van der Waals surface area contributed by atoms with Crippen molar-refractivity contribution in [3.63, 3.8) is 0 Å². The van der Waals surface area contributed by atoms with Gasteiger partial charge in [-0.05, 0) is 18.4 Å². The Kier molecular flexibility index (Phi) is 4.67. The van der Waals surface area contributed by atoms with Crippen LogP contribution in [0, 0.1) is 5.39 Å². The molecule has 0 saturated carbocycles. The van der Waals surface area contributed by atoms with E-state index < -0.39 is 0 Å². The van der Waals surface area contributed by atoms with Crippen LogP contribution >= 0.6 is 11.8 Å². The summed E-state index contributed by atoms with van der Waals surface area (Å²) < 4.78 is 0. The maximum absolute atomic E-state index is 8.32. The van der Waals surface area contributed by atoms with Crippen LogP contribution in [-0.4, -0.2) is 6.26 Å². The van der Waals surface area contributed by atoms with Gasteiger partial charge < -0.3 is 12.4 Å². The SMILES string of the molecule is CSc1ccc([N+]#N)cc1.[Cl-]. The van der Waals surface area contributed by atoms with Gasteiger partial charge in [0.2, 0.25) is 5.39 Å². The molecule has 0 saturated heterocycles. The van der Waals surface area contributed by atoms with Crippen LogP contribution in [0.2, 0.25) is 0 Å². The van der Waals surface area contributed by atoms with Gasteiger partial charge in [0.1, 0.15) is 0 Å². The monoisotopic (exact) mass is 186 g/mol. The Bertz CT molecular complexity index is 252. The third kappa shape index (κ3) is 2.79. The predicted octanol–water partition coefficient (Wildman–Crippen LogP) is -0.103. The van der Waals surface area contributed by atoms with Gasteiger partial charge in [-0.15, -0.1) is 11.8 Å². The molecule has 0 aliphatic rings. The van der Waals surface area contributed by atoms with Crippen molar-refractivity contribution in [2.45, 2.75) is 4.90 Å². The van der Waals surface area contributed by atoms with Crippen LogP contribution in [0.25, 0.3) is 4.98 Å². The first-order valence-electron chi connectivity index (χ1n) is 2.86. The predicted molar refractivity (Wildman–Crippen MR) is 43.0 cm³/mol. The molecule has 0 aliphatic carbocycles. The lowest BCUT2D eigenvalue weighted by atomic mass is 10.3. The maximum atomic E-state index is 8.32. The van der Waals surface area contributed by atoms with Gasteiger partial charge >= 0.3 is 5.69 Å². The molecule has 1 rings (SSSR count). The second-order valence-electron chi connectivity index (χ2n) is 1.80. The van der Waals surface area contributed by atoms with E-state index in [2.05, 4.69) is 4.98 Å². The third-order valence-electron chi connectivity index (χ3n) is 1.19. The summed E-state index contributed by atoms with van der Waals surface area (Å²) in [6.45, 7) is 0. The fourth-order valence-electron chi connectivity index (χ4n) is 0.649. The van der Waals surface area contributed by atoms with Crippen molar-refractivity contribution in [3.8, 4) is 0 Å². The molecule has 0 atom stereocenters. The van der Waals surface area contributed by atoms with Gasteiger partial charge in [0.05, 0.1) is 0 Å². The second kappa shape index (κ2) is 5.00. The van der Waals surface area contributed by atoms with Crippen LogP contribution in [0.5, 0.6) is 0 Å². The summed E-state index contributed by atoms with van der Waals surface area (Å²) in [5, 5.41) is 8.32. The van der Waals surface area contributed by atoms with E-state index in [1.165, 1.54) is 4.90 Å².